The summed E-state index contributed by atoms with van der Waals surface area (Å²) in [6.07, 6.45) is 3.37. The molecule has 1 atom stereocenters. The molecule has 3 rings (SSSR count). The molecule has 1 unspecified atom stereocenters. The van der Waals surface area contributed by atoms with E-state index in [1.54, 1.807) is 11.0 Å². The quantitative estimate of drug-likeness (QED) is 0.600. The van der Waals surface area contributed by atoms with Crippen LogP contribution in [0.4, 0.5) is 5.69 Å². The first kappa shape index (κ1) is 16.6. The molecule has 1 aliphatic heterocycles. The number of methoxy groups -OCH3 is 1. The van der Waals surface area contributed by atoms with Gasteiger partial charge in [-0.15, -0.1) is 0 Å². The first-order valence-corrected chi connectivity index (χ1v) is 7.63. The number of nitrogens with zero attached hydrogens (tertiary/aromatic N) is 4. The summed E-state index contributed by atoms with van der Waals surface area (Å²) >= 11 is 0. The predicted octanol–water partition coefficient (Wildman–Crippen LogP) is 1.69. The van der Waals surface area contributed by atoms with Crippen LogP contribution in [0.15, 0.2) is 36.7 Å². The van der Waals surface area contributed by atoms with Gasteiger partial charge in [0.05, 0.1) is 31.0 Å². The lowest BCUT2D eigenvalue weighted by atomic mass is 10.2. The highest BCUT2D eigenvalue weighted by atomic mass is 16.6. The molecule has 0 spiro atoms. The van der Waals surface area contributed by atoms with E-state index in [1.807, 2.05) is 0 Å². The van der Waals surface area contributed by atoms with Crippen molar-refractivity contribution in [3.05, 3.63) is 52.3 Å². The highest BCUT2D eigenvalue weighted by Crippen LogP contribution is 2.21. The van der Waals surface area contributed by atoms with Gasteiger partial charge in [0.25, 0.3) is 11.6 Å². The van der Waals surface area contributed by atoms with Crippen LogP contribution < -0.4 is 9.47 Å². The van der Waals surface area contributed by atoms with E-state index in [-0.39, 0.29) is 23.3 Å². The Balaban J connectivity index is 1.65. The normalized spacial score (nSPS) is 16.5. The number of amides is 1. The summed E-state index contributed by atoms with van der Waals surface area (Å²) in [4.78, 5) is 32.5. The molecular formula is C16H16N4O5. The number of hydrogen-bond acceptors (Lipinski definition) is 7. The van der Waals surface area contributed by atoms with Crippen LogP contribution in [0.1, 0.15) is 16.8 Å². The summed E-state index contributed by atoms with van der Waals surface area (Å²) in [5.41, 5.74) is 0.181. The maximum absolute atomic E-state index is 12.5. The van der Waals surface area contributed by atoms with Crippen molar-refractivity contribution in [2.45, 2.75) is 12.5 Å². The molecule has 0 bridgehead atoms. The molecule has 2 aromatic rings. The summed E-state index contributed by atoms with van der Waals surface area (Å²) < 4.78 is 10.7. The van der Waals surface area contributed by atoms with Crippen molar-refractivity contribution in [1.29, 1.82) is 0 Å². The number of hydrogen-bond donors (Lipinski definition) is 0. The van der Waals surface area contributed by atoms with Crippen LogP contribution in [0.5, 0.6) is 11.8 Å². The molecule has 0 radical (unpaired) electrons. The molecule has 9 heteroatoms. The minimum absolute atomic E-state index is 0.107. The van der Waals surface area contributed by atoms with Gasteiger partial charge in [-0.25, -0.2) is 0 Å². The number of carbonyl (C=O) groups excluding carboxylic acids is 1. The Morgan fingerprint density at radius 1 is 1.36 bits per heavy atom. The van der Waals surface area contributed by atoms with Gasteiger partial charge in [-0.2, -0.15) is 4.98 Å². The van der Waals surface area contributed by atoms with Crippen LogP contribution >= 0.6 is 0 Å². The monoisotopic (exact) mass is 344 g/mol. The van der Waals surface area contributed by atoms with Crippen LogP contribution in [0, 0.1) is 10.1 Å². The lowest BCUT2D eigenvalue weighted by molar-refractivity contribution is -0.384. The highest BCUT2D eigenvalue weighted by molar-refractivity contribution is 5.95. The van der Waals surface area contributed by atoms with Crippen LogP contribution in [-0.2, 0) is 0 Å². The van der Waals surface area contributed by atoms with Crippen LogP contribution in [0.3, 0.4) is 0 Å². The Hall–Kier alpha value is -3.23. The first-order chi connectivity index (χ1) is 12.1. The number of benzene rings is 1. The molecule has 1 aromatic carbocycles. The number of non-ortho nitro benzene ring substituents is 1. The number of carbonyl (C=O) groups is 1. The fraction of sp³-hybridized carbons (Fsp3) is 0.312. The Labute approximate surface area is 143 Å². The third kappa shape index (κ3) is 3.82. The summed E-state index contributed by atoms with van der Waals surface area (Å²) in [6.45, 7) is 0.879. The number of aromatic nitrogens is 2. The second-order valence-corrected chi connectivity index (χ2v) is 5.49. The van der Waals surface area contributed by atoms with Gasteiger partial charge in [0.15, 0.2) is 0 Å². The van der Waals surface area contributed by atoms with Gasteiger partial charge in [-0.1, -0.05) is 6.07 Å². The van der Waals surface area contributed by atoms with Gasteiger partial charge in [0.2, 0.25) is 11.8 Å². The molecule has 0 N–H and O–H groups in total. The lowest BCUT2D eigenvalue weighted by Gasteiger charge is -2.17. The molecule has 1 saturated heterocycles. The van der Waals surface area contributed by atoms with Crippen molar-refractivity contribution in [2.75, 3.05) is 20.2 Å². The maximum atomic E-state index is 12.5. The zero-order valence-corrected chi connectivity index (χ0v) is 13.5. The van der Waals surface area contributed by atoms with Crippen LogP contribution in [0.25, 0.3) is 0 Å². The maximum Gasteiger partial charge on any atom is 0.270 e. The van der Waals surface area contributed by atoms with Crippen molar-refractivity contribution < 1.29 is 19.2 Å². The molecule has 130 valence electrons. The van der Waals surface area contributed by atoms with E-state index in [0.717, 1.165) is 0 Å². The van der Waals surface area contributed by atoms with Gasteiger partial charge < -0.3 is 14.4 Å². The zero-order valence-electron chi connectivity index (χ0n) is 13.5. The molecule has 0 aliphatic carbocycles. The third-order valence-electron chi connectivity index (χ3n) is 3.82. The smallest absolute Gasteiger partial charge is 0.270 e. The Kier molecular flexibility index (Phi) is 4.73. The van der Waals surface area contributed by atoms with Crippen molar-refractivity contribution >= 4 is 11.6 Å². The third-order valence-corrected chi connectivity index (χ3v) is 3.82. The summed E-state index contributed by atoms with van der Waals surface area (Å²) in [5.74, 6) is 0.417. The molecule has 1 fully saturated rings. The lowest BCUT2D eigenvalue weighted by Crippen LogP contribution is -2.31. The molecule has 2 heterocycles. The van der Waals surface area contributed by atoms with Gasteiger partial charge in [0, 0.05) is 30.7 Å². The summed E-state index contributed by atoms with van der Waals surface area (Å²) in [5, 5.41) is 10.8. The van der Waals surface area contributed by atoms with E-state index in [4.69, 9.17) is 9.47 Å². The van der Waals surface area contributed by atoms with Crippen LogP contribution in [0.2, 0.25) is 0 Å². The van der Waals surface area contributed by atoms with Gasteiger partial charge >= 0.3 is 0 Å². The number of nitro groups is 1. The van der Waals surface area contributed by atoms with Crippen molar-refractivity contribution in [1.82, 2.24) is 14.9 Å². The topological polar surface area (TPSA) is 108 Å². The first-order valence-electron chi connectivity index (χ1n) is 7.63. The van der Waals surface area contributed by atoms with E-state index in [1.165, 1.54) is 37.7 Å². The number of likely N-dealkylation sites (tertiary alicyclic amines) is 1. The average Bonchev–Trinajstić information content (AvgIpc) is 3.09. The van der Waals surface area contributed by atoms with E-state index >= 15 is 0 Å². The Morgan fingerprint density at radius 2 is 2.16 bits per heavy atom. The number of rotatable bonds is 5. The Bertz CT molecular complexity index is 798. The minimum Gasteiger partial charge on any atom is -0.480 e. The Morgan fingerprint density at radius 3 is 2.92 bits per heavy atom. The largest absolute Gasteiger partial charge is 0.480 e. The molecule has 25 heavy (non-hydrogen) atoms. The molecule has 9 nitrogen and oxygen atoms in total. The van der Waals surface area contributed by atoms with Crippen LogP contribution in [-0.4, -0.2) is 52.0 Å². The highest BCUT2D eigenvalue weighted by Gasteiger charge is 2.29. The fourth-order valence-corrected chi connectivity index (χ4v) is 2.60. The molecular weight excluding hydrogens is 328 g/mol. The van der Waals surface area contributed by atoms with Crippen molar-refractivity contribution in [2.24, 2.45) is 0 Å². The summed E-state index contributed by atoms with van der Waals surface area (Å²) in [6, 6.07) is 5.70. The number of nitro benzene ring substituents is 1. The van der Waals surface area contributed by atoms with Gasteiger partial charge in [0.1, 0.15) is 6.10 Å². The van der Waals surface area contributed by atoms with E-state index in [0.29, 0.717) is 31.3 Å². The summed E-state index contributed by atoms with van der Waals surface area (Å²) in [7, 11) is 1.49. The minimum atomic E-state index is -0.520. The van der Waals surface area contributed by atoms with Crippen molar-refractivity contribution in [3.63, 3.8) is 0 Å². The predicted molar refractivity (Wildman–Crippen MR) is 86.6 cm³/mol. The second kappa shape index (κ2) is 7.12. The molecule has 1 aromatic heterocycles. The molecule has 1 amide bonds. The van der Waals surface area contributed by atoms with E-state index in [9.17, 15) is 14.9 Å². The van der Waals surface area contributed by atoms with E-state index in [2.05, 4.69) is 9.97 Å². The van der Waals surface area contributed by atoms with Gasteiger partial charge in [-0.3, -0.25) is 19.9 Å². The molecule has 0 saturated carbocycles. The van der Waals surface area contributed by atoms with E-state index < -0.39 is 4.92 Å². The standard InChI is InChI=1S/C16H16N4O5/c1-24-14-8-17-9-15(18-14)25-13-5-6-19(10-13)16(21)11-3-2-4-12(7-11)20(22)23/h2-4,7-9,13H,5-6,10H2,1H3. The fourth-order valence-electron chi connectivity index (χ4n) is 2.60. The van der Waals surface area contributed by atoms with Crippen molar-refractivity contribution in [3.8, 4) is 11.8 Å². The van der Waals surface area contributed by atoms with Gasteiger partial charge in [-0.05, 0) is 6.07 Å². The molecule has 1 aliphatic rings. The second-order valence-electron chi connectivity index (χ2n) is 5.49. The SMILES string of the molecule is COc1cncc(OC2CCN(C(=O)c3cccc([N+](=O)[O-])c3)C2)n1. The average molecular weight is 344 g/mol. The zero-order chi connectivity index (χ0) is 17.8. The number of ether oxygens (including phenoxy) is 2.